The fraction of sp³-hybridized carbons (Fsp3) is 0.200. The summed E-state index contributed by atoms with van der Waals surface area (Å²) < 4.78 is 13.5. The van der Waals surface area contributed by atoms with E-state index in [0.29, 0.717) is 22.7 Å². The zero-order chi connectivity index (χ0) is 21.1. The van der Waals surface area contributed by atoms with E-state index in [1.807, 2.05) is 35.8 Å². The first kappa shape index (κ1) is 20.2. The molecule has 0 atom stereocenters. The molecule has 30 heavy (non-hydrogen) atoms. The number of anilines is 1. The highest BCUT2D eigenvalue weighted by Crippen LogP contribution is 2.30. The van der Waals surface area contributed by atoms with Crippen molar-refractivity contribution in [1.29, 1.82) is 0 Å². The fourth-order valence-corrected chi connectivity index (χ4v) is 4.53. The topological polar surface area (TPSA) is 95.1 Å². The number of aromatic nitrogens is 4. The van der Waals surface area contributed by atoms with E-state index in [4.69, 9.17) is 9.15 Å². The van der Waals surface area contributed by atoms with Crippen LogP contribution in [0.5, 0.6) is 5.75 Å². The van der Waals surface area contributed by atoms with Crippen molar-refractivity contribution in [2.75, 3.05) is 18.2 Å². The standard InChI is InChI=1S/C20H19N5O3S2/c1-4-8-25-18(14-7-9-28-12(14)2)23-24-20(25)29-11-17(26)22-19-21-15-6-5-13(27-3)10-16(15)30-19/h4-7,9-10H,1,8,11H2,2-3H3,(H,21,22,26). The summed E-state index contributed by atoms with van der Waals surface area (Å²) in [5.74, 6) is 2.21. The van der Waals surface area contributed by atoms with Gasteiger partial charge in [0, 0.05) is 6.54 Å². The third-order valence-electron chi connectivity index (χ3n) is 4.30. The summed E-state index contributed by atoms with van der Waals surface area (Å²) in [5.41, 5.74) is 1.68. The van der Waals surface area contributed by atoms with Crippen LogP contribution in [-0.2, 0) is 11.3 Å². The molecule has 3 heterocycles. The van der Waals surface area contributed by atoms with Gasteiger partial charge in [-0.15, -0.1) is 16.8 Å². The van der Waals surface area contributed by atoms with Crippen LogP contribution in [0.25, 0.3) is 21.6 Å². The van der Waals surface area contributed by atoms with Crippen LogP contribution in [0.4, 0.5) is 5.13 Å². The van der Waals surface area contributed by atoms with Gasteiger partial charge < -0.3 is 14.5 Å². The molecule has 0 aliphatic carbocycles. The van der Waals surface area contributed by atoms with E-state index in [1.54, 1.807) is 19.4 Å². The van der Waals surface area contributed by atoms with Crippen LogP contribution in [-0.4, -0.2) is 38.5 Å². The molecular formula is C20H19N5O3S2. The monoisotopic (exact) mass is 441 g/mol. The van der Waals surface area contributed by atoms with Gasteiger partial charge in [-0.25, -0.2) is 4.98 Å². The number of benzene rings is 1. The van der Waals surface area contributed by atoms with Crippen molar-refractivity contribution in [3.8, 4) is 17.1 Å². The molecule has 154 valence electrons. The fourth-order valence-electron chi connectivity index (χ4n) is 2.88. The lowest BCUT2D eigenvalue weighted by Crippen LogP contribution is -2.14. The van der Waals surface area contributed by atoms with Crippen molar-refractivity contribution in [3.05, 3.63) is 48.9 Å². The quantitative estimate of drug-likeness (QED) is 0.320. The molecular weight excluding hydrogens is 422 g/mol. The van der Waals surface area contributed by atoms with E-state index in [9.17, 15) is 4.79 Å². The van der Waals surface area contributed by atoms with Crippen LogP contribution < -0.4 is 10.1 Å². The maximum atomic E-state index is 12.5. The van der Waals surface area contributed by atoms with E-state index in [-0.39, 0.29) is 11.7 Å². The Balaban J connectivity index is 1.45. The first-order valence-corrected chi connectivity index (χ1v) is 10.8. The molecule has 0 bridgehead atoms. The minimum absolute atomic E-state index is 0.166. The normalized spacial score (nSPS) is 11.0. The maximum absolute atomic E-state index is 12.5. The molecule has 0 unspecified atom stereocenters. The van der Waals surface area contributed by atoms with Crippen LogP contribution in [0, 0.1) is 6.92 Å². The number of ether oxygens (including phenoxy) is 1. The van der Waals surface area contributed by atoms with Crippen molar-refractivity contribution < 1.29 is 13.9 Å². The number of rotatable bonds is 8. The second kappa shape index (κ2) is 8.72. The molecule has 0 saturated carbocycles. The number of fused-ring (bicyclic) bond motifs is 1. The number of allylic oxidation sites excluding steroid dienone is 1. The largest absolute Gasteiger partial charge is 0.497 e. The molecule has 1 aromatic carbocycles. The van der Waals surface area contributed by atoms with Crippen LogP contribution in [0.15, 0.2) is 52.8 Å². The van der Waals surface area contributed by atoms with Gasteiger partial charge in [-0.2, -0.15) is 0 Å². The molecule has 3 aromatic heterocycles. The van der Waals surface area contributed by atoms with Gasteiger partial charge >= 0.3 is 0 Å². The third kappa shape index (κ3) is 4.10. The molecule has 1 N–H and O–H groups in total. The number of nitrogens with zero attached hydrogens (tertiary/aromatic N) is 4. The first-order valence-electron chi connectivity index (χ1n) is 9.05. The average molecular weight is 442 g/mol. The van der Waals surface area contributed by atoms with Crippen LogP contribution in [0.3, 0.4) is 0 Å². The second-order valence-corrected chi connectivity index (χ2v) is 8.26. The summed E-state index contributed by atoms with van der Waals surface area (Å²) in [4.78, 5) is 16.9. The van der Waals surface area contributed by atoms with E-state index in [1.165, 1.54) is 23.1 Å². The van der Waals surface area contributed by atoms with Gasteiger partial charge in [-0.3, -0.25) is 9.36 Å². The summed E-state index contributed by atoms with van der Waals surface area (Å²) in [5, 5.41) is 12.5. The lowest BCUT2D eigenvalue weighted by molar-refractivity contribution is -0.113. The summed E-state index contributed by atoms with van der Waals surface area (Å²) in [7, 11) is 1.62. The van der Waals surface area contributed by atoms with Gasteiger partial charge in [0.25, 0.3) is 0 Å². The number of hydrogen-bond acceptors (Lipinski definition) is 8. The number of carbonyl (C=O) groups excluding carboxylic acids is 1. The van der Waals surface area contributed by atoms with Gasteiger partial charge in [-0.05, 0) is 31.2 Å². The Bertz CT molecular complexity index is 1210. The van der Waals surface area contributed by atoms with E-state index < -0.39 is 0 Å². The molecule has 10 heteroatoms. The highest BCUT2D eigenvalue weighted by Gasteiger charge is 2.18. The zero-order valence-corrected chi connectivity index (χ0v) is 18.0. The van der Waals surface area contributed by atoms with E-state index in [0.717, 1.165) is 27.3 Å². The van der Waals surface area contributed by atoms with Gasteiger partial charge in [0.15, 0.2) is 16.1 Å². The molecule has 0 saturated heterocycles. The van der Waals surface area contributed by atoms with Crippen LogP contribution in [0.1, 0.15) is 5.76 Å². The van der Waals surface area contributed by atoms with Gasteiger partial charge in [-0.1, -0.05) is 29.2 Å². The molecule has 4 rings (SSSR count). The number of furan rings is 1. The van der Waals surface area contributed by atoms with Crippen molar-refractivity contribution in [2.45, 2.75) is 18.6 Å². The molecule has 0 radical (unpaired) electrons. The SMILES string of the molecule is C=CCn1c(SCC(=O)Nc2nc3ccc(OC)cc3s2)nnc1-c1ccoc1C. The number of thiazole rings is 1. The van der Waals surface area contributed by atoms with E-state index in [2.05, 4.69) is 27.1 Å². The third-order valence-corrected chi connectivity index (χ3v) is 6.20. The molecule has 8 nitrogen and oxygen atoms in total. The number of methoxy groups -OCH3 is 1. The minimum atomic E-state index is -0.166. The number of carbonyl (C=O) groups is 1. The van der Waals surface area contributed by atoms with Gasteiger partial charge in [0.05, 0.1) is 34.9 Å². The number of nitrogens with one attached hydrogen (secondary N) is 1. The summed E-state index contributed by atoms with van der Waals surface area (Å²) in [6, 6.07) is 7.46. The number of hydrogen-bond donors (Lipinski definition) is 1. The second-order valence-electron chi connectivity index (χ2n) is 6.29. The molecule has 1 amide bonds. The van der Waals surface area contributed by atoms with Crippen LogP contribution >= 0.6 is 23.1 Å². The maximum Gasteiger partial charge on any atom is 0.236 e. The Labute approximate surface area is 181 Å². The molecule has 4 aromatic rings. The summed E-state index contributed by atoms with van der Waals surface area (Å²) >= 11 is 2.71. The van der Waals surface area contributed by atoms with Crippen molar-refractivity contribution in [2.24, 2.45) is 0 Å². The smallest absolute Gasteiger partial charge is 0.236 e. The first-order chi connectivity index (χ1) is 14.6. The Morgan fingerprint density at radius 3 is 3.00 bits per heavy atom. The van der Waals surface area contributed by atoms with Crippen molar-refractivity contribution in [1.82, 2.24) is 19.7 Å². The zero-order valence-electron chi connectivity index (χ0n) is 16.4. The summed E-state index contributed by atoms with van der Waals surface area (Å²) in [6.45, 7) is 6.20. The highest BCUT2D eigenvalue weighted by atomic mass is 32.2. The van der Waals surface area contributed by atoms with Crippen molar-refractivity contribution in [3.63, 3.8) is 0 Å². The molecule has 0 aliphatic heterocycles. The number of thioether (sulfide) groups is 1. The lowest BCUT2D eigenvalue weighted by Gasteiger charge is -2.07. The lowest BCUT2D eigenvalue weighted by atomic mass is 10.2. The molecule has 0 aliphatic rings. The predicted octanol–water partition coefficient (Wildman–Crippen LogP) is 4.38. The Hall–Kier alpha value is -3.11. The molecule has 0 fully saturated rings. The molecule has 0 spiro atoms. The Morgan fingerprint density at radius 1 is 1.40 bits per heavy atom. The highest BCUT2D eigenvalue weighted by molar-refractivity contribution is 7.99. The number of amides is 1. The summed E-state index contributed by atoms with van der Waals surface area (Å²) in [6.07, 6.45) is 3.38. The Kier molecular flexibility index (Phi) is 5.86. The van der Waals surface area contributed by atoms with E-state index >= 15 is 0 Å². The predicted molar refractivity (Wildman–Crippen MR) is 118 cm³/mol. The average Bonchev–Trinajstić information content (AvgIpc) is 3.44. The van der Waals surface area contributed by atoms with Gasteiger partial charge in [0.1, 0.15) is 11.5 Å². The Morgan fingerprint density at radius 2 is 2.27 bits per heavy atom. The minimum Gasteiger partial charge on any atom is -0.497 e. The van der Waals surface area contributed by atoms with Crippen molar-refractivity contribution >= 4 is 44.4 Å². The van der Waals surface area contributed by atoms with Gasteiger partial charge in [0.2, 0.25) is 5.91 Å². The van der Waals surface area contributed by atoms with Crippen LogP contribution in [0.2, 0.25) is 0 Å². The number of aryl methyl sites for hydroxylation is 1.